The summed E-state index contributed by atoms with van der Waals surface area (Å²) in [6.07, 6.45) is 0.877. The van der Waals surface area contributed by atoms with Crippen LogP contribution in [0.4, 0.5) is 5.69 Å². The molecule has 2 atom stereocenters. The first kappa shape index (κ1) is 23.4. The maximum absolute atomic E-state index is 14.1. The Kier molecular flexibility index (Phi) is 6.10. The van der Waals surface area contributed by atoms with Crippen LogP contribution in [0.25, 0.3) is 0 Å². The van der Waals surface area contributed by atoms with Crippen LogP contribution in [0, 0.1) is 5.92 Å². The van der Waals surface area contributed by atoms with Gasteiger partial charge in [-0.25, -0.2) is 0 Å². The number of hydrogen-bond donors (Lipinski definition) is 1. The summed E-state index contributed by atoms with van der Waals surface area (Å²) in [4.78, 5) is 33.5. The lowest BCUT2D eigenvalue weighted by atomic mass is 9.74. The number of nitrogens with one attached hydrogen (secondary N) is 1. The molecule has 184 valence electrons. The van der Waals surface area contributed by atoms with Crippen LogP contribution in [0.2, 0.25) is 0 Å². The largest absolute Gasteiger partial charge is 0.494 e. The van der Waals surface area contributed by atoms with Crippen molar-refractivity contribution in [1.29, 1.82) is 0 Å². The summed E-state index contributed by atoms with van der Waals surface area (Å²) in [5, 5.41) is 7.18. The van der Waals surface area contributed by atoms with Gasteiger partial charge in [0.05, 0.1) is 20.8 Å². The summed E-state index contributed by atoms with van der Waals surface area (Å²) in [6, 6.07) is 19.3. The molecule has 2 aliphatic rings. The molecule has 1 amide bonds. The SMILES string of the molecule is CCCOc1ccc(C(=O)C2C(c3ccc(OC)c(OC)c3)=NOC23C(=O)Nc2ccccc23)cc1. The molecule has 0 aromatic heterocycles. The summed E-state index contributed by atoms with van der Waals surface area (Å²) >= 11 is 0. The molecular weight excluding hydrogens is 460 g/mol. The van der Waals surface area contributed by atoms with E-state index < -0.39 is 17.4 Å². The van der Waals surface area contributed by atoms with E-state index in [0.717, 1.165) is 6.42 Å². The Morgan fingerprint density at radius 3 is 2.50 bits per heavy atom. The highest BCUT2D eigenvalue weighted by atomic mass is 16.7. The summed E-state index contributed by atoms with van der Waals surface area (Å²) in [6.45, 7) is 2.61. The van der Waals surface area contributed by atoms with Gasteiger partial charge in [0, 0.05) is 22.4 Å². The quantitative estimate of drug-likeness (QED) is 0.469. The van der Waals surface area contributed by atoms with Crippen molar-refractivity contribution in [3.63, 3.8) is 0 Å². The van der Waals surface area contributed by atoms with Crippen molar-refractivity contribution in [1.82, 2.24) is 0 Å². The third kappa shape index (κ3) is 3.66. The Bertz CT molecular complexity index is 1350. The summed E-state index contributed by atoms with van der Waals surface area (Å²) in [7, 11) is 3.07. The number of ether oxygens (including phenoxy) is 3. The summed E-state index contributed by atoms with van der Waals surface area (Å²) in [5.74, 6) is -0.104. The number of anilines is 1. The van der Waals surface area contributed by atoms with Crippen molar-refractivity contribution >= 4 is 23.1 Å². The Balaban J connectivity index is 1.61. The van der Waals surface area contributed by atoms with Crippen molar-refractivity contribution in [2.24, 2.45) is 11.1 Å². The summed E-state index contributed by atoms with van der Waals surface area (Å²) in [5.41, 5.74) is 0.858. The lowest BCUT2D eigenvalue weighted by Gasteiger charge is -2.26. The van der Waals surface area contributed by atoms with E-state index in [1.807, 2.05) is 13.0 Å². The maximum atomic E-state index is 14.1. The van der Waals surface area contributed by atoms with Gasteiger partial charge in [0.15, 0.2) is 17.3 Å². The van der Waals surface area contributed by atoms with Crippen LogP contribution >= 0.6 is 0 Å². The average Bonchev–Trinajstić information content (AvgIpc) is 3.45. The fraction of sp³-hybridized carbons (Fsp3) is 0.250. The highest BCUT2D eigenvalue weighted by Gasteiger charge is 2.63. The predicted molar refractivity (Wildman–Crippen MR) is 134 cm³/mol. The number of nitrogens with zero attached hydrogens (tertiary/aromatic N) is 1. The predicted octanol–water partition coefficient (Wildman–Crippen LogP) is 4.57. The molecule has 1 N–H and O–H groups in total. The fourth-order valence-corrected chi connectivity index (χ4v) is 4.68. The summed E-state index contributed by atoms with van der Waals surface area (Å²) < 4.78 is 16.5. The third-order valence-corrected chi connectivity index (χ3v) is 6.43. The molecule has 0 saturated carbocycles. The molecule has 36 heavy (non-hydrogen) atoms. The number of carbonyl (C=O) groups excluding carboxylic acids is 2. The number of oxime groups is 1. The lowest BCUT2D eigenvalue weighted by molar-refractivity contribution is -0.140. The minimum absolute atomic E-state index is 0.296. The molecule has 3 aromatic rings. The molecule has 2 unspecified atom stereocenters. The van der Waals surface area contributed by atoms with E-state index in [-0.39, 0.29) is 5.78 Å². The zero-order valence-corrected chi connectivity index (χ0v) is 20.2. The van der Waals surface area contributed by atoms with Gasteiger partial charge in [-0.3, -0.25) is 9.59 Å². The second kappa shape index (κ2) is 9.37. The minimum Gasteiger partial charge on any atom is -0.494 e. The second-order valence-electron chi connectivity index (χ2n) is 8.54. The number of benzene rings is 3. The first-order valence-corrected chi connectivity index (χ1v) is 11.7. The van der Waals surface area contributed by atoms with Gasteiger partial charge in [0.1, 0.15) is 17.4 Å². The van der Waals surface area contributed by atoms with Crippen LogP contribution < -0.4 is 19.5 Å². The number of methoxy groups -OCH3 is 2. The fourth-order valence-electron chi connectivity index (χ4n) is 4.68. The number of carbonyl (C=O) groups is 2. The minimum atomic E-state index is -1.63. The molecule has 1 spiro atoms. The van der Waals surface area contributed by atoms with E-state index in [9.17, 15) is 9.59 Å². The molecule has 2 aliphatic heterocycles. The first-order chi connectivity index (χ1) is 17.5. The number of Topliss-reactive ketones (excluding diaryl/α,β-unsaturated/α-hetero) is 1. The number of rotatable bonds is 8. The highest BCUT2D eigenvalue weighted by molar-refractivity contribution is 6.24. The normalized spacial score (nSPS) is 19.8. The van der Waals surface area contributed by atoms with Crippen LogP contribution in [-0.2, 0) is 15.2 Å². The van der Waals surface area contributed by atoms with Crippen molar-refractivity contribution in [3.05, 3.63) is 83.4 Å². The Hall–Kier alpha value is -4.33. The molecular formula is C28H26N2O6. The molecule has 8 heteroatoms. The van der Waals surface area contributed by atoms with Crippen LogP contribution in [0.1, 0.15) is 34.8 Å². The van der Waals surface area contributed by atoms with Crippen LogP contribution in [0.3, 0.4) is 0 Å². The smallest absolute Gasteiger partial charge is 0.277 e. The number of amides is 1. The highest BCUT2D eigenvalue weighted by Crippen LogP contribution is 2.50. The van der Waals surface area contributed by atoms with Gasteiger partial charge >= 0.3 is 0 Å². The van der Waals surface area contributed by atoms with E-state index in [2.05, 4.69) is 10.5 Å². The topological polar surface area (TPSA) is 95.5 Å². The van der Waals surface area contributed by atoms with Crippen LogP contribution in [-0.4, -0.2) is 38.2 Å². The molecule has 2 heterocycles. The van der Waals surface area contributed by atoms with Crippen LogP contribution in [0.15, 0.2) is 71.9 Å². The van der Waals surface area contributed by atoms with Gasteiger partial charge in [-0.2, -0.15) is 0 Å². The van der Waals surface area contributed by atoms with Gasteiger partial charge in [-0.15, -0.1) is 0 Å². The molecule has 0 fully saturated rings. The molecule has 0 aliphatic carbocycles. The monoisotopic (exact) mass is 486 g/mol. The molecule has 0 bridgehead atoms. The zero-order valence-electron chi connectivity index (χ0n) is 20.2. The molecule has 0 radical (unpaired) electrons. The van der Waals surface area contributed by atoms with Crippen LogP contribution in [0.5, 0.6) is 17.2 Å². The zero-order chi connectivity index (χ0) is 25.3. The molecule has 5 rings (SSSR count). The van der Waals surface area contributed by atoms with Gasteiger partial charge < -0.3 is 24.4 Å². The van der Waals surface area contributed by atoms with E-state index in [1.54, 1.807) is 67.8 Å². The molecule has 3 aromatic carbocycles. The van der Waals surface area contributed by atoms with Gasteiger partial charge in [0.25, 0.3) is 11.5 Å². The van der Waals surface area contributed by atoms with E-state index >= 15 is 0 Å². The number of fused-ring (bicyclic) bond motifs is 2. The second-order valence-corrected chi connectivity index (χ2v) is 8.54. The van der Waals surface area contributed by atoms with Crippen molar-refractivity contribution < 1.29 is 28.6 Å². The first-order valence-electron chi connectivity index (χ1n) is 11.7. The van der Waals surface area contributed by atoms with Crippen molar-refractivity contribution in [2.75, 3.05) is 26.1 Å². The van der Waals surface area contributed by atoms with E-state index in [1.165, 1.54) is 7.11 Å². The molecule has 8 nitrogen and oxygen atoms in total. The maximum Gasteiger partial charge on any atom is 0.277 e. The van der Waals surface area contributed by atoms with Gasteiger partial charge in [0.2, 0.25) is 0 Å². The van der Waals surface area contributed by atoms with E-state index in [4.69, 9.17) is 19.0 Å². The lowest BCUT2D eigenvalue weighted by Crippen LogP contribution is -2.46. The Labute approximate surface area is 208 Å². The third-order valence-electron chi connectivity index (χ3n) is 6.43. The van der Waals surface area contributed by atoms with E-state index in [0.29, 0.717) is 51.9 Å². The Morgan fingerprint density at radius 1 is 1.03 bits per heavy atom. The Morgan fingerprint density at radius 2 is 1.78 bits per heavy atom. The van der Waals surface area contributed by atoms with Crippen molar-refractivity contribution in [2.45, 2.75) is 18.9 Å². The van der Waals surface area contributed by atoms with Gasteiger partial charge in [-0.05, 0) is 55.0 Å². The number of ketones is 1. The number of para-hydroxylation sites is 1. The number of hydrogen-bond acceptors (Lipinski definition) is 7. The average molecular weight is 487 g/mol. The standard InChI is InChI=1S/C28H26N2O6/c1-4-15-35-19-12-9-17(10-13-19)26(31)24-25(18-11-14-22(33-2)23(16-18)34-3)30-36-28(24)20-7-5-6-8-21(20)29-27(28)32/h5-14,16,24H,4,15H2,1-3H3,(H,29,32). The van der Waals surface area contributed by atoms with Gasteiger partial charge in [-0.1, -0.05) is 30.3 Å². The van der Waals surface area contributed by atoms with Crippen molar-refractivity contribution in [3.8, 4) is 17.2 Å². The molecule has 0 saturated heterocycles.